The van der Waals surface area contributed by atoms with E-state index in [4.69, 9.17) is 4.98 Å². The van der Waals surface area contributed by atoms with Crippen molar-refractivity contribution in [3.63, 3.8) is 0 Å². The Bertz CT molecular complexity index is 866. The second kappa shape index (κ2) is 6.00. The molecule has 3 heterocycles. The molecule has 0 saturated carbocycles. The first-order valence-corrected chi connectivity index (χ1v) is 9.19. The van der Waals surface area contributed by atoms with E-state index in [1.807, 2.05) is 36.1 Å². The SMILES string of the molecule is CC(C)Cc1nc2ccccc2n1C(C)C(=O)N1CC2(CNC(=O)N2)C1. The van der Waals surface area contributed by atoms with Crippen LogP contribution < -0.4 is 10.6 Å². The van der Waals surface area contributed by atoms with Crippen LogP contribution in [0.15, 0.2) is 24.3 Å². The van der Waals surface area contributed by atoms with Gasteiger partial charge in [-0.05, 0) is 25.0 Å². The van der Waals surface area contributed by atoms with Crippen LogP contribution in [0.5, 0.6) is 0 Å². The number of likely N-dealkylation sites (tertiary alicyclic amines) is 1. The predicted octanol–water partition coefficient (Wildman–Crippen LogP) is 1.69. The van der Waals surface area contributed by atoms with Crippen molar-refractivity contribution in [1.29, 1.82) is 0 Å². The zero-order valence-corrected chi connectivity index (χ0v) is 15.5. The number of aromatic nitrogens is 2. The molecule has 1 unspecified atom stereocenters. The Morgan fingerprint density at radius 3 is 2.65 bits per heavy atom. The average Bonchev–Trinajstić information content (AvgIpc) is 3.12. The van der Waals surface area contributed by atoms with E-state index >= 15 is 0 Å². The molecule has 1 aromatic carbocycles. The standard InChI is InChI=1S/C19H25N5O2/c1-12(2)8-16-21-14-6-4-5-7-15(14)24(16)13(3)17(25)23-10-19(11-23)9-20-18(26)22-19/h4-7,12-13H,8-11H2,1-3H3,(H2,20,22,26). The highest BCUT2D eigenvalue weighted by molar-refractivity contribution is 5.86. The van der Waals surface area contributed by atoms with Gasteiger partial charge in [0.15, 0.2) is 0 Å². The lowest BCUT2D eigenvalue weighted by Gasteiger charge is -2.47. The molecule has 26 heavy (non-hydrogen) atoms. The van der Waals surface area contributed by atoms with Crippen LogP contribution in [0, 0.1) is 5.92 Å². The molecule has 0 aliphatic carbocycles. The van der Waals surface area contributed by atoms with Crippen molar-refractivity contribution in [3.05, 3.63) is 30.1 Å². The minimum Gasteiger partial charge on any atom is -0.336 e. The van der Waals surface area contributed by atoms with Crippen LogP contribution in [-0.2, 0) is 11.2 Å². The topological polar surface area (TPSA) is 79.3 Å². The fourth-order valence-electron chi connectivity index (χ4n) is 4.02. The molecule has 3 amide bonds. The van der Waals surface area contributed by atoms with E-state index in [1.165, 1.54) is 0 Å². The number of para-hydroxylation sites is 2. The highest BCUT2D eigenvalue weighted by Crippen LogP contribution is 2.29. The number of carbonyl (C=O) groups is 2. The molecule has 2 N–H and O–H groups in total. The number of hydrogen-bond donors (Lipinski definition) is 2. The molecule has 2 fully saturated rings. The smallest absolute Gasteiger partial charge is 0.315 e. The maximum atomic E-state index is 13.1. The van der Waals surface area contributed by atoms with Gasteiger partial charge in [-0.3, -0.25) is 4.79 Å². The Morgan fingerprint density at radius 2 is 2.00 bits per heavy atom. The molecule has 7 heteroatoms. The zero-order valence-electron chi connectivity index (χ0n) is 15.5. The summed E-state index contributed by atoms with van der Waals surface area (Å²) < 4.78 is 2.08. The van der Waals surface area contributed by atoms with Crippen molar-refractivity contribution in [2.24, 2.45) is 5.92 Å². The molecular weight excluding hydrogens is 330 g/mol. The van der Waals surface area contributed by atoms with Gasteiger partial charge in [0.05, 0.1) is 16.6 Å². The van der Waals surface area contributed by atoms with Crippen molar-refractivity contribution in [2.75, 3.05) is 19.6 Å². The lowest BCUT2D eigenvalue weighted by atomic mass is 9.90. The number of carbonyl (C=O) groups excluding carboxylic acids is 2. The predicted molar refractivity (Wildman–Crippen MR) is 98.8 cm³/mol. The monoisotopic (exact) mass is 355 g/mol. The van der Waals surface area contributed by atoms with Crippen LogP contribution >= 0.6 is 0 Å². The molecular formula is C19H25N5O2. The zero-order chi connectivity index (χ0) is 18.5. The van der Waals surface area contributed by atoms with Crippen molar-refractivity contribution in [2.45, 2.75) is 38.8 Å². The van der Waals surface area contributed by atoms with Crippen molar-refractivity contribution in [1.82, 2.24) is 25.1 Å². The van der Waals surface area contributed by atoms with Gasteiger partial charge in [-0.2, -0.15) is 0 Å². The number of nitrogens with zero attached hydrogens (tertiary/aromatic N) is 3. The third-order valence-electron chi connectivity index (χ3n) is 5.27. The number of nitrogens with one attached hydrogen (secondary N) is 2. The number of benzene rings is 1. The molecule has 0 bridgehead atoms. The Balaban J connectivity index is 1.59. The first kappa shape index (κ1) is 16.9. The summed E-state index contributed by atoms with van der Waals surface area (Å²) in [6, 6.07) is 7.50. The average molecular weight is 355 g/mol. The maximum absolute atomic E-state index is 13.1. The van der Waals surface area contributed by atoms with Gasteiger partial charge < -0.3 is 20.1 Å². The van der Waals surface area contributed by atoms with E-state index in [0.717, 1.165) is 23.3 Å². The Kier molecular flexibility index (Phi) is 3.89. The van der Waals surface area contributed by atoms with E-state index in [1.54, 1.807) is 0 Å². The minimum absolute atomic E-state index is 0.0740. The van der Waals surface area contributed by atoms with Gasteiger partial charge in [-0.1, -0.05) is 26.0 Å². The van der Waals surface area contributed by atoms with Crippen LogP contribution in [0.4, 0.5) is 4.79 Å². The highest BCUT2D eigenvalue weighted by atomic mass is 16.2. The molecule has 4 rings (SSSR count). The summed E-state index contributed by atoms with van der Waals surface area (Å²) in [6.07, 6.45) is 0.830. The number of amides is 3. The van der Waals surface area contributed by atoms with Gasteiger partial charge >= 0.3 is 6.03 Å². The first-order chi connectivity index (χ1) is 12.4. The summed E-state index contributed by atoms with van der Waals surface area (Å²) in [7, 11) is 0. The maximum Gasteiger partial charge on any atom is 0.315 e. The highest BCUT2D eigenvalue weighted by Gasteiger charge is 2.50. The van der Waals surface area contributed by atoms with E-state index in [0.29, 0.717) is 25.6 Å². The third kappa shape index (κ3) is 2.71. The fourth-order valence-corrected chi connectivity index (χ4v) is 4.02. The van der Waals surface area contributed by atoms with Crippen molar-refractivity contribution in [3.8, 4) is 0 Å². The number of fused-ring (bicyclic) bond motifs is 1. The van der Waals surface area contributed by atoms with E-state index in [9.17, 15) is 9.59 Å². The van der Waals surface area contributed by atoms with Crippen LogP contribution in [0.3, 0.4) is 0 Å². The summed E-state index contributed by atoms with van der Waals surface area (Å²) in [5, 5.41) is 5.71. The quantitative estimate of drug-likeness (QED) is 0.876. The largest absolute Gasteiger partial charge is 0.336 e. The van der Waals surface area contributed by atoms with Crippen LogP contribution in [0.25, 0.3) is 11.0 Å². The number of hydrogen-bond acceptors (Lipinski definition) is 3. The molecule has 2 saturated heterocycles. The van der Waals surface area contributed by atoms with Crippen molar-refractivity contribution < 1.29 is 9.59 Å². The molecule has 1 aromatic heterocycles. The van der Waals surface area contributed by atoms with E-state index in [2.05, 4.69) is 29.0 Å². The van der Waals surface area contributed by atoms with Crippen LogP contribution in [-0.4, -0.2) is 51.6 Å². The minimum atomic E-state index is -0.321. The second-order valence-electron chi connectivity index (χ2n) is 7.94. The van der Waals surface area contributed by atoms with Gasteiger partial charge in [0.25, 0.3) is 0 Å². The lowest BCUT2D eigenvalue weighted by molar-refractivity contribution is -0.142. The molecule has 1 atom stereocenters. The summed E-state index contributed by atoms with van der Waals surface area (Å²) >= 11 is 0. The molecule has 138 valence electrons. The van der Waals surface area contributed by atoms with Crippen LogP contribution in [0.1, 0.15) is 32.6 Å². The summed E-state index contributed by atoms with van der Waals surface area (Å²) in [5.41, 5.74) is 1.63. The van der Waals surface area contributed by atoms with Gasteiger partial charge in [0.1, 0.15) is 11.9 Å². The van der Waals surface area contributed by atoms with Gasteiger partial charge in [0.2, 0.25) is 5.91 Å². The molecule has 1 spiro atoms. The molecule has 7 nitrogen and oxygen atoms in total. The Morgan fingerprint density at radius 1 is 1.27 bits per heavy atom. The Hall–Kier alpha value is -2.57. The number of imidazole rings is 1. The first-order valence-electron chi connectivity index (χ1n) is 9.19. The van der Waals surface area contributed by atoms with E-state index < -0.39 is 0 Å². The third-order valence-corrected chi connectivity index (χ3v) is 5.27. The summed E-state index contributed by atoms with van der Waals surface area (Å²) in [4.78, 5) is 31.1. The normalized spacial score (nSPS) is 19.5. The summed E-state index contributed by atoms with van der Waals surface area (Å²) in [6.45, 7) is 7.95. The fraction of sp³-hybridized carbons (Fsp3) is 0.526. The summed E-state index contributed by atoms with van der Waals surface area (Å²) in [5.74, 6) is 1.48. The van der Waals surface area contributed by atoms with Gasteiger partial charge in [-0.25, -0.2) is 9.78 Å². The van der Waals surface area contributed by atoms with Gasteiger partial charge in [-0.15, -0.1) is 0 Å². The second-order valence-corrected chi connectivity index (χ2v) is 7.94. The number of rotatable bonds is 4. The van der Waals surface area contributed by atoms with E-state index in [-0.39, 0.29) is 23.5 Å². The molecule has 2 aromatic rings. The molecule has 2 aliphatic heterocycles. The lowest BCUT2D eigenvalue weighted by Crippen LogP contribution is -2.70. The molecule has 2 aliphatic rings. The molecule has 0 radical (unpaired) electrons. The number of urea groups is 1. The Labute approximate surface area is 152 Å². The van der Waals surface area contributed by atoms with Gasteiger partial charge in [0, 0.05) is 26.1 Å². The van der Waals surface area contributed by atoms with Crippen molar-refractivity contribution >= 4 is 23.0 Å². The van der Waals surface area contributed by atoms with Crippen LogP contribution in [0.2, 0.25) is 0 Å².